The molecule has 22 heavy (non-hydrogen) atoms. The average Bonchev–Trinajstić information content (AvgIpc) is 2.82. The summed E-state index contributed by atoms with van der Waals surface area (Å²) in [5, 5.41) is 11.2. The van der Waals surface area contributed by atoms with Gasteiger partial charge in [-0.05, 0) is 85.9 Å². The molecule has 0 radical (unpaired) electrons. The summed E-state index contributed by atoms with van der Waals surface area (Å²) in [4.78, 5) is 0. The number of rotatable bonds is 1. The van der Waals surface area contributed by atoms with Crippen molar-refractivity contribution in [3.8, 4) is 0 Å². The van der Waals surface area contributed by atoms with E-state index >= 15 is 0 Å². The SMILES string of the molecule is CC[C@H]1CC[C@H]2[C@@H]3CCC4=CCCC[C@]4(C)[C@H]3[C@@H](O)C[C@]12C. The van der Waals surface area contributed by atoms with Gasteiger partial charge in [-0.1, -0.05) is 38.8 Å². The van der Waals surface area contributed by atoms with Crippen molar-refractivity contribution in [2.24, 2.45) is 34.5 Å². The molecule has 1 N–H and O–H groups in total. The lowest BCUT2D eigenvalue weighted by Crippen LogP contribution is -2.56. The zero-order chi connectivity index (χ0) is 15.5. The maximum atomic E-state index is 11.2. The van der Waals surface area contributed by atoms with Gasteiger partial charge in [-0.3, -0.25) is 0 Å². The molecule has 3 fully saturated rings. The van der Waals surface area contributed by atoms with Crippen molar-refractivity contribution in [2.45, 2.75) is 84.7 Å². The molecule has 0 unspecified atom stereocenters. The van der Waals surface area contributed by atoms with Gasteiger partial charge in [0.2, 0.25) is 0 Å². The van der Waals surface area contributed by atoms with Gasteiger partial charge in [0.1, 0.15) is 0 Å². The highest BCUT2D eigenvalue weighted by molar-refractivity contribution is 5.25. The summed E-state index contributed by atoms with van der Waals surface area (Å²) in [6.07, 6.45) is 14.3. The molecular weight excluding hydrogens is 268 g/mol. The van der Waals surface area contributed by atoms with Crippen molar-refractivity contribution in [2.75, 3.05) is 0 Å². The molecule has 0 aromatic rings. The molecule has 0 aliphatic heterocycles. The second kappa shape index (κ2) is 5.10. The predicted octanol–water partition coefficient (Wildman–Crippen LogP) is 5.34. The third-order valence-electron chi connectivity index (χ3n) is 8.65. The molecular formula is C21H34O. The summed E-state index contributed by atoms with van der Waals surface area (Å²) >= 11 is 0. The Hall–Kier alpha value is -0.300. The Kier molecular flexibility index (Phi) is 3.53. The summed E-state index contributed by atoms with van der Waals surface area (Å²) in [5.74, 6) is 3.06. The van der Waals surface area contributed by atoms with Crippen molar-refractivity contribution in [1.29, 1.82) is 0 Å². The van der Waals surface area contributed by atoms with Gasteiger partial charge in [-0.25, -0.2) is 0 Å². The second-order valence-corrected chi connectivity index (χ2v) is 9.33. The van der Waals surface area contributed by atoms with E-state index in [0.717, 1.165) is 24.2 Å². The van der Waals surface area contributed by atoms with Gasteiger partial charge < -0.3 is 5.11 Å². The van der Waals surface area contributed by atoms with E-state index < -0.39 is 0 Å². The molecule has 4 aliphatic carbocycles. The highest BCUT2D eigenvalue weighted by Crippen LogP contribution is 2.67. The van der Waals surface area contributed by atoms with Crippen LogP contribution >= 0.6 is 0 Å². The van der Waals surface area contributed by atoms with E-state index in [9.17, 15) is 5.11 Å². The van der Waals surface area contributed by atoms with Crippen molar-refractivity contribution >= 4 is 0 Å². The molecule has 7 atom stereocenters. The molecule has 4 rings (SSSR count). The summed E-state index contributed by atoms with van der Waals surface area (Å²) in [7, 11) is 0. The first-order valence-electron chi connectivity index (χ1n) is 9.88. The van der Waals surface area contributed by atoms with Crippen molar-refractivity contribution < 1.29 is 5.11 Å². The molecule has 0 aromatic heterocycles. The van der Waals surface area contributed by atoms with Crippen LogP contribution in [0, 0.1) is 34.5 Å². The first-order chi connectivity index (χ1) is 10.5. The minimum Gasteiger partial charge on any atom is -0.393 e. The van der Waals surface area contributed by atoms with E-state index in [4.69, 9.17) is 0 Å². The molecule has 0 heterocycles. The monoisotopic (exact) mass is 302 g/mol. The fourth-order valence-electron chi connectivity index (χ4n) is 7.66. The zero-order valence-corrected chi connectivity index (χ0v) is 14.8. The van der Waals surface area contributed by atoms with Gasteiger partial charge in [0.15, 0.2) is 0 Å². The third kappa shape index (κ3) is 1.87. The van der Waals surface area contributed by atoms with E-state index in [1.807, 2.05) is 0 Å². The van der Waals surface area contributed by atoms with Crippen LogP contribution in [0.25, 0.3) is 0 Å². The van der Waals surface area contributed by atoms with Crippen LogP contribution in [-0.2, 0) is 0 Å². The van der Waals surface area contributed by atoms with Crippen LogP contribution in [0.5, 0.6) is 0 Å². The topological polar surface area (TPSA) is 20.2 Å². The fourth-order valence-corrected chi connectivity index (χ4v) is 7.66. The van der Waals surface area contributed by atoms with Gasteiger partial charge in [0, 0.05) is 0 Å². The first-order valence-corrected chi connectivity index (χ1v) is 9.88. The quantitative estimate of drug-likeness (QED) is 0.648. The molecule has 0 aromatic carbocycles. The number of allylic oxidation sites excluding steroid dienone is 2. The summed E-state index contributed by atoms with van der Waals surface area (Å²) in [6, 6.07) is 0. The minimum absolute atomic E-state index is 0.0646. The summed E-state index contributed by atoms with van der Waals surface area (Å²) < 4.78 is 0. The van der Waals surface area contributed by atoms with Crippen LogP contribution in [0.2, 0.25) is 0 Å². The van der Waals surface area contributed by atoms with Crippen molar-refractivity contribution in [3.63, 3.8) is 0 Å². The number of aliphatic hydroxyl groups is 1. The Bertz CT molecular complexity index is 480. The molecule has 0 spiro atoms. The van der Waals surface area contributed by atoms with Crippen LogP contribution in [0.4, 0.5) is 0 Å². The molecule has 0 amide bonds. The molecule has 3 saturated carbocycles. The van der Waals surface area contributed by atoms with Crippen LogP contribution in [-0.4, -0.2) is 11.2 Å². The summed E-state index contributed by atoms with van der Waals surface area (Å²) in [6.45, 7) is 7.38. The molecule has 1 heteroatoms. The van der Waals surface area contributed by atoms with Crippen LogP contribution < -0.4 is 0 Å². The molecule has 124 valence electrons. The van der Waals surface area contributed by atoms with E-state index in [2.05, 4.69) is 26.8 Å². The highest BCUT2D eigenvalue weighted by Gasteiger charge is 2.61. The largest absolute Gasteiger partial charge is 0.393 e. The minimum atomic E-state index is -0.0646. The lowest BCUT2D eigenvalue weighted by molar-refractivity contribution is -0.128. The number of hydrogen-bond donors (Lipinski definition) is 1. The van der Waals surface area contributed by atoms with Gasteiger partial charge in [0.25, 0.3) is 0 Å². The fraction of sp³-hybridized carbons (Fsp3) is 0.905. The van der Waals surface area contributed by atoms with E-state index in [0.29, 0.717) is 16.7 Å². The van der Waals surface area contributed by atoms with E-state index in [1.165, 1.54) is 51.4 Å². The van der Waals surface area contributed by atoms with Crippen LogP contribution in [0.3, 0.4) is 0 Å². The van der Waals surface area contributed by atoms with Gasteiger partial charge in [-0.15, -0.1) is 0 Å². The normalized spacial score (nSPS) is 54.2. The van der Waals surface area contributed by atoms with Gasteiger partial charge in [-0.2, -0.15) is 0 Å². The first kappa shape index (κ1) is 15.2. The Morgan fingerprint density at radius 1 is 1.23 bits per heavy atom. The standard InChI is InChI=1S/C21H34O/c1-4-14-9-11-17-16-10-8-15-7-5-6-12-20(15,2)19(16)18(22)13-21(14,17)3/h7,14,16-19,22H,4-6,8-13H2,1-3H3/t14-,16-,17-,18-,19+,20-,21+/m0/s1. The second-order valence-electron chi connectivity index (χ2n) is 9.33. The smallest absolute Gasteiger partial charge is 0.0584 e. The Labute approximate surface area is 136 Å². The van der Waals surface area contributed by atoms with Gasteiger partial charge in [0.05, 0.1) is 6.10 Å². The predicted molar refractivity (Wildman–Crippen MR) is 91.5 cm³/mol. The maximum Gasteiger partial charge on any atom is 0.0584 e. The van der Waals surface area contributed by atoms with Gasteiger partial charge >= 0.3 is 0 Å². The Balaban J connectivity index is 1.71. The lowest BCUT2D eigenvalue weighted by Gasteiger charge is -2.60. The highest BCUT2D eigenvalue weighted by atomic mass is 16.3. The molecule has 0 bridgehead atoms. The summed E-state index contributed by atoms with van der Waals surface area (Å²) in [5.41, 5.74) is 2.43. The number of hydrogen-bond acceptors (Lipinski definition) is 1. The van der Waals surface area contributed by atoms with Crippen molar-refractivity contribution in [3.05, 3.63) is 11.6 Å². The van der Waals surface area contributed by atoms with Crippen LogP contribution in [0.1, 0.15) is 78.6 Å². The van der Waals surface area contributed by atoms with Crippen molar-refractivity contribution in [1.82, 2.24) is 0 Å². The third-order valence-corrected chi connectivity index (χ3v) is 8.65. The van der Waals surface area contributed by atoms with Crippen LogP contribution in [0.15, 0.2) is 11.6 Å². The molecule has 1 nitrogen and oxygen atoms in total. The maximum absolute atomic E-state index is 11.2. The number of aliphatic hydroxyl groups excluding tert-OH is 1. The Morgan fingerprint density at radius 2 is 2.05 bits per heavy atom. The van der Waals surface area contributed by atoms with E-state index in [1.54, 1.807) is 5.57 Å². The Morgan fingerprint density at radius 3 is 2.82 bits per heavy atom. The zero-order valence-electron chi connectivity index (χ0n) is 14.8. The lowest BCUT2D eigenvalue weighted by atomic mass is 9.46. The van der Waals surface area contributed by atoms with E-state index in [-0.39, 0.29) is 6.10 Å². The number of fused-ring (bicyclic) bond motifs is 5. The average molecular weight is 303 g/mol. The molecule has 0 saturated heterocycles. The molecule has 4 aliphatic rings.